The van der Waals surface area contributed by atoms with Crippen LogP contribution in [0.2, 0.25) is 0 Å². The van der Waals surface area contributed by atoms with E-state index in [1.165, 1.54) is 50.4 Å². The van der Waals surface area contributed by atoms with Gasteiger partial charge in [0, 0.05) is 25.3 Å². The van der Waals surface area contributed by atoms with Gasteiger partial charge < -0.3 is 56.9 Å². The quantitative estimate of drug-likeness (QED) is 0.0552. The Kier molecular flexibility index (Phi) is 14.4. The van der Waals surface area contributed by atoms with E-state index in [1.54, 1.807) is 12.1 Å². The molecule has 3 aliphatic heterocycles. The first-order valence-electron chi connectivity index (χ1n) is 18.8. The third-order valence-corrected chi connectivity index (χ3v) is 11.6. The normalized spacial score (nSPS) is 23.3. The maximum absolute atomic E-state index is 12.0. The molecule has 4 fully saturated rings. The van der Waals surface area contributed by atoms with Crippen LogP contribution in [0.3, 0.4) is 0 Å². The number of benzene rings is 3. The van der Waals surface area contributed by atoms with Gasteiger partial charge in [-0.25, -0.2) is 0 Å². The molecule has 3 saturated heterocycles. The average Bonchev–Trinajstić information content (AvgIpc) is 3.71. The molecule has 0 radical (unpaired) electrons. The minimum absolute atomic E-state index is 0. The molecule has 1 amide bonds. The number of halogens is 1. The molecule has 9 nitrogen and oxygen atoms in total. The van der Waals surface area contributed by atoms with E-state index >= 15 is 0 Å². The Hall–Kier alpha value is -2.99. The summed E-state index contributed by atoms with van der Waals surface area (Å²) in [5.41, 5.74) is 2.19. The number of fused-ring (bicyclic) bond motifs is 3. The number of piperidine rings is 3. The van der Waals surface area contributed by atoms with Gasteiger partial charge in [-0.05, 0) is 85.5 Å². The van der Waals surface area contributed by atoms with Crippen molar-refractivity contribution in [2.45, 2.75) is 75.6 Å². The summed E-state index contributed by atoms with van der Waals surface area (Å²) in [6.07, 6.45) is 9.91. The molecule has 3 aromatic rings. The van der Waals surface area contributed by atoms with Crippen LogP contribution in [0.15, 0.2) is 72.8 Å². The topological polar surface area (TPSA) is 120 Å². The first-order chi connectivity index (χ1) is 24.4. The number of hydrogen-bond donors (Lipinski definition) is 5. The number of aliphatic hydroxyl groups excluding tert-OH is 1. The predicted molar refractivity (Wildman–Crippen MR) is 195 cm³/mol. The van der Waals surface area contributed by atoms with Crippen LogP contribution in [-0.2, 0) is 21.6 Å². The highest BCUT2D eigenvalue weighted by Crippen LogP contribution is 2.43. The van der Waals surface area contributed by atoms with E-state index in [4.69, 9.17) is 9.47 Å². The lowest BCUT2D eigenvalue weighted by Gasteiger charge is -2.53. The van der Waals surface area contributed by atoms with Gasteiger partial charge in [-0.3, -0.25) is 4.79 Å². The minimum atomic E-state index is -0.900. The highest BCUT2D eigenvalue weighted by Gasteiger charge is 2.48. The maximum atomic E-state index is 12.0. The molecule has 3 aromatic carbocycles. The molecular weight excluding hydrogens is 710 g/mol. The van der Waals surface area contributed by atoms with Gasteiger partial charge in [0.2, 0.25) is 6.41 Å². The lowest BCUT2D eigenvalue weighted by Crippen LogP contribution is -3.00. The van der Waals surface area contributed by atoms with E-state index in [2.05, 4.69) is 34.9 Å². The van der Waals surface area contributed by atoms with Gasteiger partial charge in [-0.1, -0.05) is 61.4 Å². The van der Waals surface area contributed by atoms with Gasteiger partial charge >= 0.3 is 0 Å². The number of nitrogens with zero attached hydrogens (tertiary/aromatic N) is 1. The molecule has 5 N–H and O–H groups in total. The van der Waals surface area contributed by atoms with Gasteiger partial charge in [0.15, 0.2) is 0 Å². The van der Waals surface area contributed by atoms with Gasteiger partial charge in [0.05, 0.1) is 44.6 Å². The number of aliphatic hydroxyl groups is 2. The Morgan fingerprint density at radius 2 is 1.71 bits per heavy atom. The molecule has 0 unspecified atom stereocenters. The number of amides is 1. The standard InChI is InChI=1S/C41H55N3O6.BrH/c45-30-43-37-26-33(14-17-38(37)46)39(47)27-42-21-18-31-12-15-36(16-13-31)49-25-7-6-22-44-23-19-32(20-24-44)40(28-44)50-29-41(48,35-10-4-5-11-35)34-8-2-1-3-9-34;/h1-3,8-9,12-17,26,30,32,35,39-40,42,47-48H,4-7,10-11,18-25,27-29H2,(H-,43,45,46);1H/t32?,39-,40-,41+,44?;/m0./s1. The Labute approximate surface area is 313 Å². The monoisotopic (exact) mass is 765 g/mol. The van der Waals surface area contributed by atoms with Crippen LogP contribution in [0.25, 0.3) is 0 Å². The predicted octanol–water partition coefficient (Wildman–Crippen LogP) is 2.69. The second-order valence-electron chi connectivity index (χ2n) is 14.9. The molecule has 1 saturated carbocycles. The van der Waals surface area contributed by atoms with Crippen LogP contribution in [0.5, 0.6) is 11.5 Å². The summed E-state index contributed by atoms with van der Waals surface area (Å²) in [5, 5.41) is 38.0. The highest BCUT2D eigenvalue weighted by molar-refractivity contribution is 5.75. The second-order valence-corrected chi connectivity index (χ2v) is 14.9. The Bertz CT molecular complexity index is 1500. The Morgan fingerprint density at radius 3 is 2.43 bits per heavy atom. The summed E-state index contributed by atoms with van der Waals surface area (Å²) in [5.74, 6) is 1.73. The first-order valence-corrected chi connectivity index (χ1v) is 18.8. The number of phenols is 1. The van der Waals surface area contributed by atoms with E-state index in [1.807, 2.05) is 30.3 Å². The molecule has 3 atom stereocenters. The number of quaternary nitrogens is 1. The fourth-order valence-electron chi connectivity index (χ4n) is 8.55. The second kappa shape index (κ2) is 18.7. The van der Waals surface area contributed by atoms with Crippen LogP contribution in [0.1, 0.15) is 74.2 Å². The van der Waals surface area contributed by atoms with Crippen LogP contribution in [-0.4, -0.2) is 84.8 Å². The smallest absolute Gasteiger partial charge is 0.211 e. The summed E-state index contributed by atoms with van der Waals surface area (Å²) >= 11 is 0. The Balaban J connectivity index is 0.00000504. The van der Waals surface area contributed by atoms with Crippen molar-refractivity contribution in [3.63, 3.8) is 0 Å². The lowest BCUT2D eigenvalue weighted by atomic mass is 9.80. The fourth-order valence-corrected chi connectivity index (χ4v) is 8.55. The summed E-state index contributed by atoms with van der Waals surface area (Å²) in [6.45, 7) is 6.87. The van der Waals surface area contributed by atoms with Crippen molar-refractivity contribution in [3.05, 3.63) is 89.5 Å². The molecule has 1 aliphatic carbocycles. The molecule has 0 spiro atoms. The number of carbonyl (C=O) groups is 1. The Morgan fingerprint density at radius 1 is 0.961 bits per heavy atom. The van der Waals surface area contributed by atoms with Gasteiger partial charge in [-0.15, -0.1) is 0 Å². The summed E-state index contributed by atoms with van der Waals surface area (Å²) in [6, 6.07) is 23.2. The summed E-state index contributed by atoms with van der Waals surface area (Å²) in [4.78, 5) is 10.7. The highest BCUT2D eigenvalue weighted by atomic mass is 79.9. The summed E-state index contributed by atoms with van der Waals surface area (Å²) in [7, 11) is 0. The van der Waals surface area contributed by atoms with Gasteiger partial charge in [-0.2, -0.15) is 0 Å². The van der Waals surface area contributed by atoms with Crippen molar-refractivity contribution in [2.75, 3.05) is 57.8 Å². The molecule has 0 aromatic heterocycles. The van der Waals surface area contributed by atoms with Gasteiger partial charge in [0.25, 0.3) is 0 Å². The van der Waals surface area contributed by atoms with Crippen molar-refractivity contribution in [2.24, 2.45) is 11.8 Å². The van der Waals surface area contributed by atoms with E-state index in [0.29, 0.717) is 44.2 Å². The zero-order valence-corrected chi connectivity index (χ0v) is 31.3. The number of unbranched alkanes of at least 4 members (excludes halogenated alkanes) is 1. The zero-order valence-electron chi connectivity index (χ0n) is 29.7. The SMILES string of the molecule is O=CNc1cc([C@@H](O)CNCCc2ccc(OCCCC[N+]34CCC(CC3)[C@@H](OC[C@@](O)(c3ccccc3)C3CCCC3)C4)cc2)ccc1O.[Br-]. The van der Waals surface area contributed by atoms with E-state index in [0.717, 1.165) is 61.0 Å². The van der Waals surface area contributed by atoms with Crippen LogP contribution in [0.4, 0.5) is 5.69 Å². The third kappa shape index (κ3) is 10.1. The molecule has 2 bridgehead atoms. The number of hydrogen-bond acceptors (Lipinski definition) is 7. The molecule has 4 aliphatic rings. The number of rotatable bonds is 19. The first kappa shape index (κ1) is 39.2. The van der Waals surface area contributed by atoms with Crippen molar-refractivity contribution in [1.29, 1.82) is 0 Å². The van der Waals surface area contributed by atoms with Crippen molar-refractivity contribution in [1.82, 2.24) is 5.32 Å². The van der Waals surface area contributed by atoms with Gasteiger partial charge in [0.1, 0.15) is 29.7 Å². The molecule has 10 heteroatoms. The minimum Gasteiger partial charge on any atom is -1.00 e. The molecule has 278 valence electrons. The largest absolute Gasteiger partial charge is 1.00 e. The van der Waals surface area contributed by atoms with E-state index < -0.39 is 11.7 Å². The number of nitrogens with one attached hydrogen (secondary N) is 2. The molecular formula is C41H56BrN3O6. The molecule has 51 heavy (non-hydrogen) atoms. The fraction of sp³-hybridized carbons (Fsp3) is 0.537. The number of anilines is 1. The number of phenolic OH excluding ortho intramolecular Hbond substituents is 1. The molecule has 7 rings (SSSR count). The van der Waals surface area contributed by atoms with Crippen molar-refractivity contribution < 1.29 is 51.1 Å². The average molecular weight is 767 g/mol. The van der Waals surface area contributed by atoms with E-state index in [9.17, 15) is 20.1 Å². The number of aromatic hydroxyl groups is 1. The van der Waals surface area contributed by atoms with E-state index in [-0.39, 0.29) is 40.4 Å². The lowest BCUT2D eigenvalue weighted by molar-refractivity contribution is -0.946. The van der Waals surface area contributed by atoms with Crippen LogP contribution in [0, 0.1) is 11.8 Å². The van der Waals surface area contributed by atoms with Crippen molar-refractivity contribution in [3.8, 4) is 11.5 Å². The molecule has 3 heterocycles. The van der Waals surface area contributed by atoms with Crippen LogP contribution >= 0.6 is 0 Å². The van der Waals surface area contributed by atoms with Crippen molar-refractivity contribution >= 4 is 12.1 Å². The number of carbonyl (C=O) groups excluding carboxylic acids is 1. The third-order valence-electron chi connectivity index (χ3n) is 11.6. The maximum Gasteiger partial charge on any atom is 0.211 e. The summed E-state index contributed by atoms with van der Waals surface area (Å²) < 4.78 is 14.0. The zero-order chi connectivity index (χ0) is 34.8. The van der Waals surface area contributed by atoms with Crippen LogP contribution < -0.4 is 32.4 Å². The number of ether oxygens (including phenoxy) is 2.